The van der Waals surface area contributed by atoms with Crippen LogP contribution < -0.4 is 0 Å². The van der Waals surface area contributed by atoms with Crippen molar-refractivity contribution >= 4 is 5.91 Å². The van der Waals surface area contributed by atoms with Gasteiger partial charge < -0.3 is 10.0 Å². The minimum Gasteiger partial charge on any atom is -0.396 e. The lowest BCUT2D eigenvalue weighted by molar-refractivity contribution is 0.0573. The first kappa shape index (κ1) is 15.3. The molecule has 0 bridgehead atoms. The van der Waals surface area contributed by atoms with E-state index in [1.165, 1.54) is 12.1 Å². The largest absolute Gasteiger partial charge is 0.396 e. The van der Waals surface area contributed by atoms with Crippen LogP contribution in [0.15, 0.2) is 30.5 Å². The zero-order valence-corrected chi connectivity index (χ0v) is 13.5. The second kappa shape index (κ2) is 5.70. The van der Waals surface area contributed by atoms with E-state index in [0.29, 0.717) is 41.2 Å². The Kier molecular flexibility index (Phi) is 3.64. The number of aromatic nitrogens is 2. The number of aliphatic hydroxyl groups is 1. The topological polar surface area (TPSA) is 58.4 Å². The highest BCUT2D eigenvalue weighted by atomic mass is 19.1. The Balaban J connectivity index is 1.56. The summed E-state index contributed by atoms with van der Waals surface area (Å²) in [6, 6.07) is 6.15. The highest BCUT2D eigenvalue weighted by Gasteiger charge is 2.48. The number of likely N-dealkylation sites (tertiary alicyclic amines) is 1. The van der Waals surface area contributed by atoms with Crippen LogP contribution in [0, 0.1) is 30.5 Å². The number of fused-ring (bicyclic) bond motifs is 1. The summed E-state index contributed by atoms with van der Waals surface area (Å²) in [6.45, 7) is 3.47. The van der Waals surface area contributed by atoms with Gasteiger partial charge in [-0.25, -0.2) is 9.07 Å². The fourth-order valence-corrected chi connectivity index (χ4v) is 4.01. The van der Waals surface area contributed by atoms with Gasteiger partial charge in [0.2, 0.25) is 0 Å². The van der Waals surface area contributed by atoms with Gasteiger partial charge in [0.15, 0.2) is 0 Å². The van der Waals surface area contributed by atoms with E-state index in [4.69, 9.17) is 0 Å². The fraction of sp³-hybridized carbons (Fsp3) is 0.444. The number of hydrogen-bond donors (Lipinski definition) is 1. The first-order valence-electron chi connectivity index (χ1n) is 8.29. The Morgan fingerprint density at radius 3 is 3.00 bits per heavy atom. The molecule has 24 heavy (non-hydrogen) atoms. The minimum absolute atomic E-state index is 0.0266. The zero-order valence-electron chi connectivity index (χ0n) is 13.5. The van der Waals surface area contributed by atoms with Crippen molar-refractivity contribution in [3.05, 3.63) is 47.5 Å². The van der Waals surface area contributed by atoms with Crippen LogP contribution in [0.1, 0.15) is 22.5 Å². The van der Waals surface area contributed by atoms with Crippen LogP contribution in [0.4, 0.5) is 4.39 Å². The first-order valence-corrected chi connectivity index (χ1v) is 8.29. The van der Waals surface area contributed by atoms with Gasteiger partial charge in [-0.15, -0.1) is 0 Å². The molecule has 1 saturated heterocycles. The molecule has 2 heterocycles. The van der Waals surface area contributed by atoms with Gasteiger partial charge in [-0.3, -0.25) is 4.79 Å². The van der Waals surface area contributed by atoms with Crippen molar-refractivity contribution in [2.24, 2.45) is 17.8 Å². The SMILES string of the molecule is Cc1nn(-c2cccc(F)c2)cc1C(=O)N1C[C@H]2C[C@H](CO)[C@H]2C1. The third-order valence-electron chi connectivity index (χ3n) is 5.43. The number of amides is 1. The van der Waals surface area contributed by atoms with E-state index < -0.39 is 0 Å². The van der Waals surface area contributed by atoms with Gasteiger partial charge in [0.1, 0.15) is 5.82 Å². The van der Waals surface area contributed by atoms with Crippen LogP contribution >= 0.6 is 0 Å². The molecule has 1 aliphatic carbocycles. The Morgan fingerprint density at radius 2 is 2.25 bits per heavy atom. The van der Waals surface area contributed by atoms with Gasteiger partial charge in [0, 0.05) is 25.9 Å². The van der Waals surface area contributed by atoms with Crippen molar-refractivity contribution in [3.63, 3.8) is 0 Å². The molecule has 0 unspecified atom stereocenters. The highest BCUT2D eigenvalue weighted by molar-refractivity contribution is 5.95. The van der Waals surface area contributed by atoms with E-state index in [-0.39, 0.29) is 18.3 Å². The Morgan fingerprint density at radius 1 is 1.42 bits per heavy atom. The molecule has 0 radical (unpaired) electrons. The molecule has 6 heteroatoms. The molecular formula is C18H20FN3O2. The van der Waals surface area contributed by atoms with Gasteiger partial charge in [0.25, 0.3) is 5.91 Å². The van der Waals surface area contributed by atoms with Crippen molar-refractivity contribution in [2.45, 2.75) is 13.3 Å². The number of aliphatic hydroxyl groups excluding tert-OH is 1. The van der Waals surface area contributed by atoms with E-state index in [9.17, 15) is 14.3 Å². The molecule has 2 aromatic rings. The molecule has 126 valence electrons. The molecule has 5 nitrogen and oxygen atoms in total. The molecule has 1 aromatic carbocycles. The third kappa shape index (κ3) is 2.41. The highest BCUT2D eigenvalue weighted by Crippen LogP contribution is 2.45. The molecule has 0 spiro atoms. The van der Waals surface area contributed by atoms with Gasteiger partial charge >= 0.3 is 0 Å². The predicted octanol–water partition coefficient (Wildman–Crippen LogP) is 2.02. The molecule has 4 rings (SSSR count). The zero-order chi connectivity index (χ0) is 16.8. The Hall–Kier alpha value is -2.21. The summed E-state index contributed by atoms with van der Waals surface area (Å²) in [5.41, 5.74) is 1.79. The minimum atomic E-state index is -0.334. The second-order valence-electron chi connectivity index (χ2n) is 6.87. The van der Waals surface area contributed by atoms with Crippen molar-refractivity contribution in [1.29, 1.82) is 0 Å². The molecule has 1 saturated carbocycles. The lowest BCUT2D eigenvalue weighted by atomic mass is 9.67. The molecule has 2 fully saturated rings. The predicted molar refractivity (Wildman–Crippen MR) is 86.3 cm³/mol. The molecule has 1 amide bonds. The van der Waals surface area contributed by atoms with Crippen LogP contribution in [-0.4, -0.2) is 45.4 Å². The summed E-state index contributed by atoms with van der Waals surface area (Å²) >= 11 is 0. The van der Waals surface area contributed by atoms with Crippen LogP contribution in [0.3, 0.4) is 0 Å². The van der Waals surface area contributed by atoms with Gasteiger partial charge in [-0.2, -0.15) is 5.10 Å². The van der Waals surface area contributed by atoms with E-state index in [1.807, 2.05) is 4.90 Å². The molecule has 1 aliphatic heterocycles. The second-order valence-corrected chi connectivity index (χ2v) is 6.87. The van der Waals surface area contributed by atoms with Gasteiger partial charge in [-0.1, -0.05) is 6.07 Å². The van der Waals surface area contributed by atoms with E-state index in [1.54, 1.807) is 29.9 Å². The lowest BCUT2D eigenvalue weighted by Crippen LogP contribution is -2.37. The number of hydrogen-bond acceptors (Lipinski definition) is 3. The standard InChI is InChI=1S/C18H20FN3O2/c1-11-16(9-22(20-11)15-4-2-3-14(19)6-15)18(24)21-7-12-5-13(10-23)17(12)8-21/h2-4,6,9,12-13,17,23H,5,7-8,10H2,1H3/t12-,13-,17+/m1/s1. The van der Waals surface area contributed by atoms with Gasteiger partial charge in [0.05, 0.1) is 16.9 Å². The van der Waals surface area contributed by atoms with Crippen molar-refractivity contribution in [2.75, 3.05) is 19.7 Å². The van der Waals surface area contributed by atoms with Crippen LogP contribution in [0.5, 0.6) is 0 Å². The number of aryl methyl sites for hydroxylation is 1. The number of carbonyl (C=O) groups excluding carboxylic acids is 1. The maximum atomic E-state index is 13.4. The molecular weight excluding hydrogens is 309 g/mol. The number of carbonyl (C=O) groups is 1. The van der Waals surface area contributed by atoms with Crippen LogP contribution in [-0.2, 0) is 0 Å². The van der Waals surface area contributed by atoms with Crippen molar-refractivity contribution in [3.8, 4) is 5.69 Å². The molecule has 1 aromatic heterocycles. The number of benzene rings is 1. The number of rotatable bonds is 3. The smallest absolute Gasteiger partial charge is 0.257 e. The number of nitrogens with zero attached hydrogens (tertiary/aromatic N) is 3. The fourth-order valence-electron chi connectivity index (χ4n) is 4.01. The van der Waals surface area contributed by atoms with E-state index in [2.05, 4.69) is 5.10 Å². The normalized spacial score (nSPS) is 25.5. The monoisotopic (exact) mass is 329 g/mol. The maximum Gasteiger partial charge on any atom is 0.257 e. The summed E-state index contributed by atoms with van der Waals surface area (Å²) in [5, 5.41) is 13.7. The van der Waals surface area contributed by atoms with E-state index >= 15 is 0 Å². The number of halogens is 1. The van der Waals surface area contributed by atoms with Gasteiger partial charge in [-0.05, 0) is 49.3 Å². The quantitative estimate of drug-likeness (QED) is 0.937. The Bertz CT molecular complexity index is 788. The maximum absolute atomic E-state index is 13.4. The summed E-state index contributed by atoms with van der Waals surface area (Å²) in [4.78, 5) is 14.7. The van der Waals surface area contributed by atoms with Crippen molar-refractivity contribution < 1.29 is 14.3 Å². The molecule has 2 aliphatic rings. The molecule has 1 N–H and O–H groups in total. The lowest BCUT2D eigenvalue weighted by Gasteiger charge is -2.37. The summed E-state index contributed by atoms with van der Waals surface area (Å²) in [5.74, 6) is 0.923. The third-order valence-corrected chi connectivity index (χ3v) is 5.43. The average Bonchev–Trinajstić information content (AvgIpc) is 3.09. The van der Waals surface area contributed by atoms with Crippen LogP contribution in [0.2, 0.25) is 0 Å². The molecule has 3 atom stereocenters. The summed E-state index contributed by atoms with van der Waals surface area (Å²) < 4.78 is 14.9. The summed E-state index contributed by atoms with van der Waals surface area (Å²) in [6.07, 6.45) is 2.68. The Labute approximate surface area is 139 Å². The first-order chi connectivity index (χ1) is 11.6. The van der Waals surface area contributed by atoms with E-state index in [0.717, 1.165) is 13.0 Å². The van der Waals surface area contributed by atoms with Crippen LogP contribution in [0.25, 0.3) is 5.69 Å². The van der Waals surface area contributed by atoms with Crippen molar-refractivity contribution in [1.82, 2.24) is 14.7 Å². The average molecular weight is 329 g/mol. The summed E-state index contributed by atoms with van der Waals surface area (Å²) in [7, 11) is 0.